The van der Waals surface area contributed by atoms with Gasteiger partial charge < -0.3 is 20.4 Å². The molecule has 206 valence electrons. The number of nitrogens with zero attached hydrogens (tertiary/aromatic N) is 1. The highest BCUT2D eigenvalue weighted by Gasteiger charge is 2.14. The van der Waals surface area contributed by atoms with Gasteiger partial charge in [-0.05, 0) is 75.8 Å². The van der Waals surface area contributed by atoms with Crippen molar-refractivity contribution in [1.29, 1.82) is 0 Å². The number of carboxylic acid groups (broad SMARTS) is 4. The van der Waals surface area contributed by atoms with Crippen molar-refractivity contribution in [1.82, 2.24) is 4.98 Å². The van der Waals surface area contributed by atoms with Crippen molar-refractivity contribution in [2.45, 2.75) is 0 Å². The number of hydrogen-bond donors (Lipinski definition) is 4. The second kappa shape index (κ2) is 11.2. The van der Waals surface area contributed by atoms with E-state index < -0.39 is 23.9 Å². The predicted octanol–water partition coefficient (Wildman–Crippen LogP) is 6.54. The first kappa shape index (κ1) is 27.5. The van der Waals surface area contributed by atoms with E-state index in [-0.39, 0.29) is 22.3 Å². The fraction of sp³-hybridized carbons (Fsp3) is 0. The summed E-state index contributed by atoms with van der Waals surface area (Å²) in [5, 5.41) is 37.5. The molecule has 0 bridgehead atoms. The Balaban J connectivity index is 1.42. The van der Waals surface area contributed by atoms with Gasteiger partial charge in [-0.2, -0.15) is 0 Å². The van der Waals surface area contributed by atoms with E-state index in [9.17, 15) is 39.6 Å². The number of hydrogen-bond acceptors (Lipinski definition) is 5. The van der Waals surface area contributed by atoms with Gasteiger partial charge in [0.2, 0.25) is 0 Å². The van der Waals surface area contributed by atoms with Crippen LogP contribution in [0.2, 0.25) is 0 Å². The summed E-state index contributed by atoms with van der Waals surface area (Å²) in [5.74, 6) is -4.87. The van der Waals surface area contributed by atoms with Gasteiger partial charge >= 0.3 is 23.9 Å². The van der Waals surface area contributed by atoms with Crippen LogP contribution >= 0.6 is 0 Å². The van der Waals surface area contributed by atoms with Crippen LogP contribution in [-0.2, 0) is 0 Å². The molecule has 0 fully saturated rings. The zero-order valence-electron chi connectivity index (χ0n) is 21.7. The molecular formula is C33H21NO8. The molecule has 0 saturated carbocycles. The average Bonchev–Trinajstić information content (AvgIpc) is 3.00. The molecule has 0 aliphatic rings. The van der Waals surface area contributed by atoms with Crippen molar-refractivity contribution in [2.75, 3.05) is 0 Å². The van der Waals surface area contributed by atoms with Gasteiger partial charge in [-0.1, -0.05) is 48.5 Å². The SMILES string of the molecule is O=C(O)c1cc(C(=O)O)cc(-c2ccc(-c3cncc(-c4ccc(-c5cc(C(=O)O)cc(C(=O)O)c5)cc4)c3)cc2)c1. The summed E-state index contributed by atoms with van der Waals surface area (Å²) in [5.41, 5.74) is 5.08. The lowest BCUT2D eigenvalue weighted by Gasteiger charge is -2.10. The average molecular weight is 560 g/mol. The van der Waals surface area contributed by atoms with Crippen molar-refractivity contribution < 1.29 is 39.6 Å². The second-order valence-corrected chi connectivity index (χ2v) is 9.44. The highest BCUT2D eigenvalue weighted by Crippen LogP contribution is 2.31. The second-order valence-electron chi connectivity index (χ2n) is 9.44. The molecule has 5 rings (SSSR count). The maximum atomic E-state index is 11.5. The molecule has 0 amide bonds. The summed E-state index contributed by atoms with van der Waals surface area (Å²) < 4.78 is 0. The van der Waals surface area contributed by atoms with E-state index in [4.69, 9.17) is 0 Å². The fourth-order valence-electron chi connectivity index (χ4n) is 4.55. The van der Waals surface area contributed by atoms with Crippen LogP contribution in [-0.4, -0.2) is 49.3 Å². The van der Waals surface area contributed by atoms with Crippen LogP contribution in [0.15, 0.2) is 103 Å². The lowest BCUT2D eigenvalue weighted by molar-refractivity contribution is 0.0676. The molecule has 9 nitrogen and oxygen atoms in total. The number of carboxylic acids is 4. The van der Waals surface area contributed by atoms with Crippen molar-refractivity contribution in [3.05, 3.63) is 126 Å². The molecule has 0 saturated heterocycles. The molecule has 9 heteroatoms. The number of aromatic nitrogens is 1. The Morgan fingerprint density at radius 3 is 0.881 bits per heavy atom. The van der Waals surface area contributed by atoms with E-state index in [1.54, 1.807) is 36.7 Å². The Bertz CT molecular complexity index is 1680. The van der Waals surface area contributed by atoms with Gasteiger partial charge in [0.25, 0.3) is 0 Å². The minimum absolute atomic E-state index is 0.117. The van der Waals surface area contributed by atoms with Gasteiger partial charge in [0, 0.05) is 23.5 Å². The van der Waals surface area contributed by atoms with Crippen LogP contribution in [0.1, 0.15) is 41.4 Å². The van der Waals surface area contributed by atoms with Crippen molar-refractivity contribution in [3.63, 3.8) is 0 Å². The molecule has 0 aliphatic heterocycles. The molecule has 0 unspecified atom stereocenters. The molecule has 4 aromatic carbocycles. The van der Waals surface area contributed by atoms with E-state index in [2.05, 4.69) is 4.98 Å². The lowest BCUT2D eigenvalue weighted by atomic mass is 9.96. The fourth-order valence-corrected chi connectivity index (χ4v) is 4.55. The van der Waals surface area contributed by atoms with Crippen LogP contribution in [0.5, 0.6) is 0 Å². The quantitative estimate of drug-likeness (QED) is 0.165. The zero-order chi connectivity index (χ0) is 30.0. The molecular weight excluding hydrogens is 538 g/mol. The van der Waals surface area contributed by atoms with Gasteiger partial charge in [0.05, 0.1) is 22.3 Å². The molecule has 5 aromatic rings. The molecule has 4 N–H and O–H groups in total. The number of benzene rings is 4. The van der Waals surface area contributed by atoms with E-state index in [0.717, 1.165) is 34.4 Å². The Hall–Kier alpha value is -6.09. The highest BCUT2D eigenvalue weighted by atomic mass is 16.4. The van der Waals surface area contributed by atoms with Gasteiger partial charge in [0.1, 0.15) is 0 Å². The standard InChI is InChI=1S/C33H21NO8/c35-30(36)24-9-22(10-25(13-24)31(37)38)18-1-5-20(6-2-18)28-15-29(17-34-16-28)21-7-3-19(4-8-21)23-11-26(32(39)40)14-27(12-23)33(41)42/h1-17H,(H,35,36)(H,37,38)(H,39,40)(H,41,42). The van der Waals surface area contributed by atoms with Crippen LogP contribution < -0.4 is 0 Å². The number of carbonyl (C=O) groups is 4. The van der Waals surface area contributed by atoms with Crippen LogP contribution in [0.25, 0.3) is 44.5 Å². The first-order chi connectivity index (χ1) is 20.1. The van der Waals surface area contributed by atoms with Gasteiger partial charge in [0.15, 0.2) is 0 Å². The van der Waals surface area contributed by atoms with E-state index >= 15 is 0 Å². The number of aromatic carboxylic acids is 4. The molecule has 0 atom stereocenters. The largest absolute Gasteiger partial charge is 0.478 e. The van der Waals surface area contributed by atoms with Crippen LogP contribution in [0.4, 0.5) is 0 Å². The third kappa shape index (κ3) is 5.75. The van der Waals surface area contributed by atoms with E-state index in [1.165, 1.54) is 24.3 Å². The number of rotatable bonds is 8. The Morgan fingerprint density at radius 1 is 0.357 bits per heavy atom. The minimum atomic E-state index is -1.22. The highest BCUT2D eigenvalue weighted by molar-refractivity contribution is 5.97. The molecule has 0 radical (unpaired) electrons. The summed E-state index contributed by atoms with van der Waals surface area (Å²) in [6, 6.07) is 24.3. The first-order valence-corrected chi connectivity index (χ1v) is 12.5. The Morgan fingerprint density at radius 2 is 0.619 bits per heavy atom. The summed E-state index contributed by atoms with van der Waals surface area (Å²) in [7, 11) is 0. The third-order valence-corrected chi connectivity index (χ3v) is 6.70. The Kier molecular flexibility index (Phi) is 7.32. The van der Waals surface area contributed by atoms with Crippen LogP contribution in [0.3, 0.4) is 0 Å². The van der Waals surface area contributed by atoms with Crippen molar-refractivity contribution in [2.24, 2.45) is 0 Å². The molecule has 0 aliphatic carbocycles. The van der Waals surface area contributed by atoms with Crippen molar-refractivity contribution >= 4 is 23.9 Å². The molecule has 1 aromatic heterocycles. The summed E-state index contributed by atoms with van der Waals surface area (Å²) >= 11 is 0. The molecule has 0 spiro atoms. The monoisotopic (exact) mass is 559 g/mol. The van der Waals surface area contributed by atoms with E-state index in [0.29, 0.717) is 22.3 Å². The predicted molar refractivity (Wildman–Crippen MR) is 154 cm³/mol. The van der Waals surface area contributed by atoms with Crippen molar-refractivity contribution in [3.8, 4) is 44.5 Å². The molecule has 1 heterocycles. The lowest BCUT2D eigenvalue weighted by Crippen LogP contribution is -2.03. The zero-order valence-corrected chi connectivity index (χ0v) is 21.7. The smallest absolute Gasteiger partial charge is 0.335 e. The summed E-state index contributed by atoms with van der Waals surface area (Å²) in [4.78, 5) is 50.2. The maximum Gasteiger partial charge on any atom is 0.335 e. The maximum absolute atomic E-state index is 11.5. The minimum Gasteiger partial charge on any atom is -0.478 e. The van der Waals surface area contributed by atoms with Crippen LogP contribution in [0, 0.1) is 0 Å². The Labute approximate surface area is 238 Å². The van der Waals surface area contributed by atoms with Gasteiger partial charge in [-0.25, -0.2) is 19.2 Å². The first-order valence-electron chi connectivity index (χ1n) is 12.5. The van der Waals surface area contributed by atoms with E-state index in [1.807, 2.05) is 30.3 Å². The third-order valence-electron chi connectivity index (χ3n) is 6.70. The summed E-state index contributed by atoms with van der Waals surface area (Å²) in [6.07, 6.45) is 3.40. The topological polar surface area (TPSA) is 162 Å². The molecule has 42 heavy (non-hydrogen) atoms. The van der Waals surface area contributed by atoms with Gasteiger partial charge in [-0.3, -0.25) is 4.98 Å². The van der Waals surface area contributed by atoms with Gasteiger partial charge in [-0.15, -0.1) is 0 Å². The number of pyridine rings is 1. The normalized spacial score (nSPS) is 10.7. The summed E-state index contributed by atoms with van der Waals surface area (Å²) in [6.45, 7) is 0.